The molecule has 4 heteroatoms. The van der Waals surface area contributed by atoms with Gasteiger partial charge in [0.05, 0.1) is 24.0 Å². The van der Waals surface area contributed by atoms with E-state index in [1.54, 1.807) is 0 Å². The van der Waals surface area contributed by atoms with E-state index in [1.165, 1.54) is 4.90 Å². The summed E-state index contributed by atoms with van der Waals surface area (Å²) in [6.45, 7) is 2.30. The largest absolute Gasteiger partial charge is 0.365 e. The highest BCUT2D eigenvalue weighted by molar-refractivity contribution is 6.06. The molecule has 2 saturated heterocycles. The molecule has 0 saturated carbocycles. The van der Waals surface area contributed by atoms with Gasteiger partial charge in [0.25, 0.3) is 0 Å². The van der Waals surface area contributed by atoms with Crippen LogP contribution in [0.2, 0.25) is 0 Å². The van der Waals surface area contributed by atoms with Gasteiger partial charge in [-0.15, -0.1) is 0 Å². The lowest BCUT2D eigenvalue weighted by Crippen LogP contribution is -2.34. The van der Waals surface area contributed by atoms with Gasteiger partial charge in [-0.2, -0.15) is 0 Å². The van der Waals surface area contributed by atoms with Crippen LogP contribution in [0.3, 0.4) is 0 Å². The van der Waals surface area contributed by atoms with Gasteiger partial charge < -0.3 is 4.74 Å². The Bertz CT molecular complexity index is 319. The lowest BCUT2D eigenvalue weighted by atomic mass is 9.85. The number of fused-ring (bicyclic) bond motifs is 5. The van der Waals surface area contributed by atoms with Gasteiger partial charge in [-0.25, -0.2) is 0 Å². The third kappa shape index (κ3) is 0.733. The van der Waals surface area contributed by atoms with Crippen LogP contribution in [0.25, 0.3) is 0 Å². The fourth-order valence-corrected chi connectivity index (χ4v) is 2.68. The first kappa shape index (κ1) is 8.17. The Morgan fingerprint density at radius 3 is 2.14 bits per heavy atom. The fraction of sp³-hybridized carbons (Fsp3) is 0.600. The molecule has 0 unspecified atom stereocenters. The predicted octanol–water partition coefficient (Wildman–Crippen LogP) is -0.0553. The summed E-state index contributed by atoms with van der Waals surface area (Å²) in [5, 5.41) is 0. The van der Waals surface area contributed by atoms with Crippen LogP contribution >= 0.6 is 0 Å². The van der Waals surface area contributed by atoms with Crippen LogP contribution in [0.1, 0.15) is 6.92 Å². The molecule has 0 aromatic heterocycles. The first-order valence-corrected chi connectivity index (χ1v) is 4.93. The quantitative estimate of drug-likeness (QED) is 0.433. The average molecular weight is 193 g/mol. The molecule has 2 bridgehead atoms. The minimum absolute atomic E-state index is 0.0562. The van der Waals surface area contributed by atoms with E-state index in [-0.39, 0.29) is 35.9 Å². The third-order valence-corrected chi connectivity index (χ3v) is 3.32. The van der Waals surface area contributed by atoms with E-state index in [4.69, 9.17) is 4.74 Å². The summed E-state index contributed by atoms with van der Waals surface area (Å²) in [4.78, 5) is 25.0. The second-order valence-electron chi connectivity index (χ2n) is 3.92. The second kappa shape index (κ2) is 2.45. The Kier molecular flexibility index (Phi) is 1.43. The van der Waals surface area contributed by atoms with E-state index in [9.17, 15) is 9.59 Å². The lowest BCUT2D eigenvalue weighted by Gasteiger charge is -2.14. The van der Waals surface area contributed by atoms with Crippen molar-refractivity contribution in [1.29, 1.82) is 0 Å². The van der Waals surface area contributed by atoms with Crippen molar-refractivity contribution in [3.05, 3.63) is 12.2 Å². The number of amides is 2. The van der Waals surface area contributed by atoms with Crippen LogP contribution in [0, 0.1) is 11.8 Å². The van der Waals surface area contributed by atoms with Gasteiger partial charge in [-0.3, -0.25) is 14.5 Å². The first-order chi connectivity index (χ1) is 6.74. The number of hydrogen-bond donors (Lipinski definition) is 0. The van der Waals surface area contributed by atoms with E-state index in [0.717, 1.165) is 0 Å². The maximum absolute atomic E-state index is 11.8. The zero-order chi connectivity index (χ0) is 9.87. The third-order valence-electron chi connectivity index (χ3n) is 3.32. The molecule has 0 aromatic rings. The van der Waals surface area contributed by atoms with Crippen molar-refractivity contribution in [2.45, 2.75) is 19.1 Å². The van der Waals surface area contributed by atoms with Crippen molar-refractivity contribution in [2.24, 2.45) is 11.8 Å². The van der Waals surface area contributed by atoms with Crippen LogP contribution in [-0.4, -0.2) is 35.5 Å². The van der Waals surface area contributed by atoms with Crippen LogP contribution in [0.5, 0.6) is 0 Å². The Morgan fingerprint density at radius 1 is 1.21 bits per heavy atom. The molecule has 4 atom stereocenters. The Morgan fingerprint density at radius 2 is 1.71 bits per heavy atom. The SMILES string of the molecule is CCN1C(=O)[C@@H]2[C@H](C1=O)[C@H]1C=C[C@H]2O1. The molecule has 14 heavy (non-hydrogen) atoms. The molecule has 0 aliphatic carbocycles. The smallest absolute Gasteiger partial charge is 0.236 e. The van der Waals surface area contributed by atoms with Crippen molar-refractivity contribution in [3.63, 3.8) is 0 Å². The standard InChI is InChI=1S/C10H11NO3/c1-2-11-9(12)7-5-3-4-6(14-5)8(7)10(11)13/h3-8H,2H2,1H3/t5-,6-,7-,8+/m1/s1. The summed E-state index contributed by atoms with van der Waals surface area (Å²) in [6.07, 6.45) is 3.49. The van der Waals surface area contributed by atoms with Gasteiger partial charge in [-0.1, -0.05) is 12.2 Å². The van der Waals surface area contributed by atoms with Gasteiger partial charge in [0.2, 0.25) is 11.8 Å². The molecule has 0 radical (unpaired) electrons. The molecule has 3 heterocycles. The molecule has 3 aliphatic rings. The maximum Gasteiger partial charge on any atom is 0.236 e. The molecule has 0 aromatic carbocycles. The molecule has 3 rings (SSSR count). The predicted molar refractivity (Wildman–Crippen MR) is 47.2 cm³/mol. The minimum Gasteiger partial charge on any atom is -0.365 e. The zero-order valence-corrected chi connectivity index (χ0v) is 7.84. The highest BCUT2D eigenvalue weighted by Crippen LogP contribution is 2.44. The van der Waals surface area contributed by atoms with Gasteiger partial charge >= 0.3 is 0 Å². The summed E-state index contributed by atoms with van der Waals surface area (Å²) >= 11 is 0. The summed E-state index contributed by atoms with van der Waals surface area (Å²) in [5.74, 6) is -0.589. The maximum atomic E-state index is 11.8. The van der Waals surface area contributed by atoms with E-state index in [1.807, 2.05) is 19.1 Å². The molecule has 2 fully saturated rings. The number of hydrogen-bond acceptors (Lipinski definition) is 3. The molecular weight excluding hydrogens is 182 g/mol. The fourth-order valence-electron chi connectivity index (χ4n) is 2.68. The van der Waals surface area contributed by atoms with Gasteiger partial charge in [0.15, 0.2) is 0 Å². The number of carbonyl (C=O) groups is 2. The second-order valence-corrected chi connectivity index (χ2v) is 3.92. The number of likely N-dealkylation sites (tertiary alicyclic amines) is 1. The van der Waals surface area contributed by atoms with Crippen molar-refractivity contribution in [1.82, 2.24) is 4.90 Å². The minimum atomic E-state index is -0.238. The topological polar surface area (TPSA) is 46.6 Å². The van der Waals surface area contributed by atoms with Crippen molar-refractivity contribution < 1.29 is 14.3 Å². The highest BCUT2D eigenvalue weighted by Gasteiger charge is 2.60. The van der Waals surface area contributed by atoms with Crippen molar-refractivity contribution >= 4 is 11.8 Å². The van der Waals surface area contributed by atoms with E-state index in [2.05, 4.69) is 0 Å². The number of ether oxygens (including phenoxy) is 1. The van der Waals surface area contributed by atoms with Gasteiger partial charge in [0, 0.05) is 6.54 Å². The van der Waals surface area contributed by atoms with Gasteiger partial charge in [-0.05, 0) is 6.92 Å². The molecule has 3 aliphatic heterocycles. The summed E-state index contributed by atoms with van der Waals surface area (Å²) in [7, 11) is 0. The monoisotopic (exact) mass is 193 g/mol. The summed E-state index contributed by atoms with van der Waals surface area (Å²) in [5.41, 5.74) is 0. The highest BCUT2D eigenvalue weighted by atomic mass is 16.5. The van der Waals surface area contributed by atoms with Crippen LogP contribution in [0.15, 0.2) is 12.2 Å². The number of rotatable bonds is 1. The Labute approximate surface area is 81.5 Å². The Balaban J connectivity index is 2.02. The molecular formula is C10H11NO3. The zero-order valence-electron chi connectivity index (χ0n) is 7.84. The van der Waals surface area contributed by atoms with E-state index in [0.29, 0.717) is 6.54 Å². The van der Waals surface area contributed by atoms with Crippen molar-refractivity contribution in [2.75, 3.05) is 6.54 Å². The van der Waals surface area contributed by atoms with E-state index < -0.39 is 0 Å². The summed E-state index contributed by atoms with van der Waals surface area (Å²) < 4.78 is 5.49. The number of imide groups is 1. The lowest BCUT2D eigenvalue weighted by molar-refractivity contribution is -0.142. The molecule has 0 spiro atoms. The van der Waals surface area contributed by atoms with Crippen LogP contribution < -0.4 is 0 Å². The average Bonchev–Trinajstić information content (AvgIpc) is 2.80. The van der Waals surface area contributed by atoms with Crippen LogP contribution in [0.4, 0.5) is 0 Å². The molecule has 0 N–H and O–H groups in total. The van der Waals surface area contributed by atoms with E-state index >= 15 is 0 Å². The summed E-state index contributed by atoms with van der Waals surface area (Å²) in [6, 6.07) is 0. The van der Waals surface area contributed by atoms with Gasteiger partial charge in [0.1, 0.15) is 0 Å². The number of carbonyl (C=O) groups excluding carboxylic acids is 2. The van der Waals surface area contributed by atoms with Crippen LogP contribution in [-0.2, 0) is 14.3 Å². The normalized spacial score (nSPS) is 43.9. The van der Waals surface area contributed by atoms with Crippen molar-refractivity contribution in [3.8, 4) is 0 Å². The first-order valence-electron chi connectivity index (χ1n) is 4.93. The number of nitrogens with zero attached hydrogens (tertiary/aromatic N) is 1. The molecule has 74 valence electrons. The Hall–Kier alpha value is -1.16. The molecule has 2 amide bonds. The molecule has 4 nitrogen and oxygen atoms in total.